The Balaban J connectivity index is 1.74. The third-order valence-corrected chi connectivity index (χ3v) is 4.88. The lowest BCUT2D eigenvalue weighted by molar-refractivity contribution is -0.136. The van der Waals surface area contributed by atoms with Gasteiger partial charge in [0.2, 0.25) is 5.91 Å². The van der Waals surface area contributed by atoms with Crippen LogP contribution in [0, 0.1) is 20.8 Å². The van der Waals surface area contributed by atoms with Gasteiger partial charge in [0, 0.05) is 30.7 Å². The molecular formula is C18H26N4O. The third kappa shape index (κ3) is 3.05. The summed E-state index contributed by atoms with van der Waals surface area (Å²) >= 11 is 0. The van der Waals surface area contributed by atoms with Crippen LogP contribution in [0.1, 0.15) is 48.8 Å². The molecule has 1 saturated heterocycles. The predicted octanol–water partition coefficient (Wildman–Crippen LogP) is 3.03. The van der Waals surface area contributed by atoms with Crippen molar-refractivity contribution in [3.05, 3.63) is 41.5 Å². The lowest BCUT2D eigenvalue weighted by Gasteiger charge is -2.35. The largest absolute Gasteiger partial charge is 0.339 e. The molecule has 3 heterocycles. The molecule has 1 amide bonds. The number of aromatic nitrogens is 3. The molecule has 1 aliphatic rings. The van der Waals surface area contributed by atoms with E-state index in [0.717, 1.165) is 37.3 Å². The first-order chi connectivity index (χ1) is 11.0. The van der Waals surface area contributed by atoms with E-state index in [0.29, 0.717) is 6.04 Å². The number of likely N-dealkylation sites (tertiary alicyclic amines) is 1. The maximum atomic E-state index is 13.0. The first kappa shape index (κ1) is 15.8. The van der Waals surface area contributed by atoms with Crippen molar-refractivity contribution in [1.29, 1.82) is 0 Å². The normalized spacial score (nSPS) is 19.8. The van der Waals surface area contributed by atoms with E-state index in [2.05, 4.69) is 48.8 Å². The van der Waals surface area contributed by atoms with E-state index in [-0.39, 0.29) is 11.9 Å². The van der Waals surface area contributed by atoms with E-state index in [1.165, 1.54) is 5.56 Å². The molecular weight excluding hydrogens is 288 g/mol. The van der Waals surface area contributed by atoms with Gasteiger partial charge in [-0.2, -0.15) is 5.10 Å². The maximum absolute atomic E-state index is 13.0. The van der Waals surface area contributed by atoms with Gasteiger partial charge < -0.3 is 9.47 Å². The topological polar surface area (TPSA) is 43.1 Å². The van der Waals surface area contributed by atoms with Crippen molar-refractivity contribution in [3.63, 3.8) is 0 Å². The molecule has 0 aromatic carbocycles. The molecule has 5 nitrogen and oxygen atoms in total. The molecule has 0 saturated carbocycles. The number of carbonyl (C=O) groups is 1. The first-order valence-electron chi connectivity index (χ1n) is 8.41. The lowest BCUT2D eigenvalue weighted by atomic mass is 10.0. The van der Waals surface area contributed by atoms with Crippen LogP contribution in [0.4, 0.5) is 0 Å². The number of nitrogens with zero attached hydrogens (tertiary/aromatic N) is 4. The molecule has 1 aliphatic heterocycles. The molecule has 124 valence electrons. The standard InChI is InChI=1S/C18H26N4O/c1-13-10-19-21(11-13)17-6-5-9-20(12-17)18(23)16(4)22-14(2)7-8-15(22)3/h7-8,10-11,16-17H,5-6,9,12H2,1-4H3/t16-,17-/m1/s1. The van der Waals surface area contributed by atoms with Crippen LogP contribution in [-0.2, 0) is 4.79 Å². The molecule has 23 heavy (non-hydrogen) atoms. The Kier molecular flexibility index (Phi) is 4.28. The minimum atomic E-state index is -0.150. The zero-order valence-electron chi connectivity index (χ0n) is 14.5. The van der Waals surface area contributed by atoms with Crippen molar-refractivity contribution in [1.82, 2.24) is 19.2 Å². The predicted molar refractivity (Wildman–Crippen MR) is 90.4 cm³/mol. The summed E-state index contributed by atoms with van der Waals surface area (Å²) in [6.45, 7) is 9.77. The Morgan fingerprint density at radius 3 is 2.57 bits per heavy atom. The van der Waals surface area contributed by atoms with E-state index in [4.69, 9.17) is 0 Å². The van der Waals surface area contributed by atoms with Crippen LogP contribution in [0.15, 0.2) is 24.5 Å². The summed E-state index contributed by atoms with van der Waals surface area (Å²) in [6, 6.07) is 4.29. The van der Waals surface area contributed by atoms with Gasteiger partial charge in [-0.15, -0.1) is 0 Å². The van der Waals surface area contributed by atoms with Crippen LogP contribution in [0.25, 0.3) is 0 Å². The van der Waals surface area contributed by atoms with Crippen LogP contribution >= 0.6 is 0 Å². The van der Waals surface area contributed by atoms with Crippen LogP contribution in [0.2, 0.25) is 0 Å². The summed E-state index contributed by atoms with van der Waals surface area (Å²) in [7, 11) is 0. The van der Waals surface area contributed by atoms with E-state index >= 15 is 0 Å². The van der Waals surface area contributed by atoms with Crippen molar-refractivity contribution in [2.75, 3.05) is 13.1 Å². The number of rotatable bonds is 3. The summed E-state index contributed by atoms with van der Waals surface area (Å²) < 4.78 is 4.15. The average Bonchev–Trinajstić information content (AvgIpc) is 3.12. The Morgan fingerprint density at radius 2 is 1.96 bits per heavy atom. The quantitative estimate of drug-likeness (QED) is 0.874. The summed E-state index contributed by atoms with van der Waals surface area (Å²) in [4.78, 5) is 15.0. The van der Waals surface area contributed by atoms with E-state index in [1.54, 1.807) is 0 Å². The molecule has 2 aromatic rings. The SMILES string of the molecule is Cc1cnn([C@@H]2CCCN(C(=O)[C@@H](C)n3c(C)ccc3C)C2)c1. The second-order valence-electron chi connectivity index (χ2n) is 6.74. The molecule has 5 heteroatoms. The minimum absolute atomic E-state index is 0.150. The first-order valence-corrected chi connectivity index (χ1v) is 8.41. The fraction of sp³-hybridized carbons (Fsp3) is 0.556. The van der Waals surface area contributed by atoms with Gasteiger partial charge in [-0.25, -0.2) is 0 Å². The highest BCUT2D eigenvalue weighted by atomic mass is 16.2. The van der Waals surface area contributed by atoms with Crippen LogP contribution < -0.4 is 0 Å². The number of carbonyl (C=O) groups excluding carboxylic acids is 1. The number of aryl methyl sites for hydroxylation is 3. The van der Waals surface area contributed by atoms with Crippen molar-refractivity contribution in [2.45, 2.75) is 52.6 Å². The number of hydrogen-bond acceptors (Lipinski definition) is 2. The molecule has 0 spiro atoms. The Labute approximate surface area is 137 Å². The lowest BCUT2D eigenvalue weighted by Crippen LogP contribution is -2.43. The molecule has 2 atom stereocenters. The molecule has 3 rings (SSSR count). The Morgan fingerprint density at radius 1 is 1.26 bits per heavy atom. The zero-order valence-corrected chi connectivity index (χ0v) is 14.5. The molecule has 0 radical (unpaired) electrons. The van der Waals surface area contributed by atoms with Gasteiger partial charge in [-0.3, -0.25) is 9.48 Å². The minimum Gasteiger partial charge on any atom is -0.339 e. The molecule has 0 unspecified atom stereocenters. The fourth-order valence-electron chi connectivity index (χ4n) is 3.67. The highest BCUT2D eigenvalue weighted by Crippen LogP contribution is 2.25. The smallest absolute Gasteiger partial charge is 0.245 e. The summed E-state index contributed by atoms with van der Waals surface area (Å²) in [5.74, 6) is 0.209. The van der Waals surface area contributed by atoms with Crippen molar-refractivity contribution >= 4 is 5.91 Å². The molecule has 0 bridgehead atoms. The van der Waals surface area contributed by atoms with Gasteiger partial charge in [0.1, 0.15) is 6.04 Å². The second-order valence-corrected chi connectivity index (χ2v) is 6.74. The third-order valence-electron chi connectivity index (χ3n) is 4.88. The molecule has 2 aromatic heterocycles. The van der Waals surface area contributed by atoms with E-state index < -0.39 is 0 Å². The monoisotopic (exact) mass is 314 g/mol. The zero-order chi connectivity index (χ0) is 16.6. The van der Waals surface area contributed by atoms with E-state index in [9.17, 15) is 4.79 Å². The van der Waals surface area contributed by atoms with Gasteiger partial charge in [-0.1, -0.05) is 0 Å². The summed E-state index contributed by atoms with van der Waals surface area (Å²) in [6.07, 6.45) is 6.07. The Bertz CT molecular complexity index is 680. The maximum Gasteiger partial charge on any atom is 0.245 e. The number of hydrogen-bond donors (Lipinski definition) is 0. The highest BCUT2D eigenvalue weighted by Gasteiger charge is 2.29. The van der Waals surface area contributed by atoms with Crippen LogP contribution in [-0.4, -0.2) is 38.2 Å². The average molecular weight is 314 g/mol. The van der Waals surface area contributed by atoms with Crippen LogP contribution in [0.3, 0.4) is 0 Å². The van der Waals surface area contributed by atoms with E-state index in [1.807, 2.05) is 22.7 Å². The summed E-state index contributed by atoms with van der Waals surface area (Å²) in [5, 5.41) is 4.43. The number of amides is 1. The van der Waals surface area contributed by atoms with Gasteiger partial charge in [0.15, 0.2) is 0 Å². The molecule has 0 aliphatic carbocycles. The van der Waals surface area contributed by atoms with Gasteiger partial charge >= 0.3 is 0 Å². The van der Waals surface area contributed by atoms with Crippen molar-refractivity contribution < 1.29 is 4.79 Å². The number of piperidine rings is 1. The highest BCUT2D eigenvalue weighted by molar-refractivity contribution is 5.80. The molecule has 1 fully saturated rings. The fourth-order valence-corrected chi connectivity index (χ4v) is 3.67. The summed E-state index contributed by atoms with van der Waals surface area (Å²) in [5.41, 5.74) is 3.44. The molecule has 0 N–H and O–H groups in total. The van der Waals surface area contributed by atoms with Crippen molar-refractivity contribution in [2.24, 2.45) is 0 Å². The van der Waals surface area contributed by atoms with Gasteiger partial charge in [0.25, 0.3) is 0 Å². The van der Waals surface area contributed by atoms with Crippen LogP contribution in [0.5, 0.6) is 0 Å². The second kappa shape index (κ2) is 6.22. The van der Waals surface area contributed by atoms with Gasteiger partial charge in [-0.05, 0) is 58.2 Å². The van der Waals surface area contributed by atoms with Crippen molar-refractivity contribution in [3.8, 4) is 0 Å². The van der Waals surface area contributed by atoms with Gasteiger partial charge in [0.05, 0.1) is 12.2 Å². The Hall–Kier alpha value is -2.04.